The van der Waals surface area contributed by atoms with Gasteiger partial charge in [-0.2, -0.15) is 5.01 Å². The van der Waals surface area contributed by atoms with E-state index >= 15 is 9.59 Å². The largest absolute Gasteiger partial charge is 0.503 e. The third-order valence-electron chi connectivity index (χ3n) is 13.0. The quantitative estimate of drug-likeness (QED) is 0.0797. The summed E-state index contributed by atoms with van der Waals surface area (Å²) >= 11 is 13.7. The van der Waals surface area contributed by atoms with Crippen LogP contribution in [0.4, 0.5) is 15.8 Å². The van der Waals surface area contributed by atoms with Gasteiger partial charge in [-0.05, 0) is 140 Å². The van der Waals surface area contributed by atoms with Gasteiger partial charge >= 0.3 is 0 Å². The van der Waals surface area contributed by atoms with E-state index in [1.807, 2.05) is 48.6 Å². The van der Waals surface area contributed by atoms with E-state index in [4.69, 9.17) is 25.8 Å². The van der Waals surface area contributed by atoms with Crippen LogP contribution < -0.4 is 24.5 Å². The number of aromatic hydroxyl groups is 1. The fraction of sp³-hybridized carbons (Fsp3) is 0.224. The zero-order valence-electron chi connectivity index (χ0n) is 34.5. The molecule has 15 heteroatoms. The van der Waals surface area contributed by atoms with Gasteiger partial charge in [-0.15, -0.1) is 0 Å². The minimum absolute atomic E-state index is 0.0383. The zero-order chi connectivity index (χ0) is 45.2. The number of methoxy groups -OCH3 is 3. The van der Waals surface area contributed by atoms with Crippen LogP contribution in [0.2, 0.25) is 5.02 Å². The minimum atomic E-state index is -1.66. The summed E-state index contributed by atoms with van der Waals surface area (Å²) in [6.45, 7) is 0. The highest BCUT2D eigenvalue weighted by Gasteiger charge is 2.70. The van der Waals surface area contributed by atoms with Gasteiger partial charge in [0.25, 0.3) is 11.8 Å². The number of hydrogen-bond acceptors (Lipinski definition) is 9. The van der Waals surface area contributed by atoms with Crippen molar-refractivity contribution in [3.8, 4) is 23.0 Å². The predicted molar refractivity (Wildman–Crippen MR) is 246 cm³/mol. The number of rotatable bonds is 10. The van der Waals surface area contributed by atoms with Crippen LogP contribution in [0.15, 0.2) is 118 Å². The molecule has 64 heavy (non-hydrogen) atoms. The highest BCUT2D eigenvalue weighted by atomic mass is 79.9. The molecule has 2 aliphatic carbocycles. The summed E-state index contributed by atoms with van der Waals surface area (Å²) in [6, 6.07) is 26.2. The van der Waals surface area contributed by atoms with Crippen LogP contribution in [0, 0.1) is 29.5 Å². The molecule has 2 aliphatic heterocycles. The normalized spacial score (nSPS) is 23.8. The van der Waals surface area contributed by atoms with E-state index in [0.717, 1.165) is 16.1 Å². The molecule has 6 atom stereocenters. The molecule has 4 aliphatic rings. The summed E-state index contributed by atoms with van der Waals surface area (Å²) < 4.78 is 31.2. The lowest BCUT2D eigenvalue weighted by molar-refractivity contribution is -0.138. The summed E-state index contributed by atoms with van der Waals surface area (Å²) in [6.07, 6.45) is 5.94. The fourth-order valence-corrected chi connectivity index (χ4v) is 11.2. The van der Waals surface area contributed by atoms with Crippen molar-refractivity contribution in [2.75, 3.05) is 31.7 Å². The van der Waals surface area contributed by atoms with Crippen molar-refractivity contribution in [1.82, 2.24) is 5.01 Å². The molecule has 11 nitrogen and oxygen atoms in total. The standard InChI is InChI=1S/C49H39Br2ClFN3O8/c1-62-32-18-21-38(63-2)26(22-32)7-4-25-5-16-31(17-6-25)55-45(58)34-20-19-33-35(40(34)47(55)60)23-37-46(59)56(54-30-14-12-29(53)13-15-30)48(61)49(37,27-8-10-28(52)11-9-27)41(33)36-24-39(64-3)44(57)43(51)42(36)50/h4-19,21-22,24,34-35,37,40-41,54,57H,20,23H2,1-3H3. The molecular weight excluding hydrogens is 973 g/mol. The second kappa shape index (κ2) is 16.9. The molecule has 0 spiro atoms. The van der Waals surface area contributed by atoms with Crippen LogP contribution in [0.25, 0.3) is 12.2 Å². The van der Waals surface area contributed by atoms with Gasteiger partial charge in [0.2, 0.25) is 11.8 Å². The number of hydrogen-bond donors (Lipinski definition) is 2. The summed E-state index contributed by atoms with van der Waals surface area (Å²) in [5.74, 6) is -5.52. The van der Waals surface area contributed by atoms with Crippen molar-refractivity contribution in [2.45, 2.75) is 24.2 Å². The second-order valence-corrected chi connectivity index (χ2v) is 18.1. The van der Waals surface area contributed by atoms with Crippen molar-refractivity contribution >= 4 is 90.6 Å². The van der Waals surface area contributed by atoms with Gasteiger partial charge in [-0.1, -0.05) is 59.7 Å². The lowest BCUT2D eigenvalue weighted by atomic mass is 9.49. The van der Waals surface area contributed by atoms with Crippen molar-refractivity contribution in [2.24, 2.45) is 23.7 Å². The number of phenols is 1. The Morgan fingerprint density at radius 3 is 2.17 bits per heavy atom. The average Bonchev–Trinajstić information content (AvgIpc) is 3.69. The number of hydrazine groups is 1. The van der Waals surface area contributed by atoms with Crippen molar-refractivity contribution in [3.63, 3.8) is 0 Å². The predicted octanol–water partition coefficient (Wildman–Crippen LogP) is 10.1. The van der Waals surface area contributed by atoms with Crippen molar-refractivity contribution < 1.29 is 42.9 Å². The maximum absolute atomic E-state index is 15.6. The van der Waals surface area contributed by atoms with Gasteiger partial charge in [0, 0.05) is 21.0 Å². The number of amides is 4. The van der Waals surface area contributed by atoms with Crippen LogP contribution in [-0.2, 0) is 24.6 Å². The number of halogens is 4. The number of allylic oxidation sites excluding steroid dienone is 2. The molecule has 2 saturated heterocycles. The SMILES string of the molecule is COc1ccc(OC)c(C=Cc2ccc(N3C(=O)C4CC=C5C(CC6C(=O)N(Nc7ccc(F)cc7)C(=O)C6(c6ccc(Cl)cc6)C5c5cc(OC)c(O)c(Br)c5Br)C4C3=O)cc2)c1. The minimum Gasteiger partial charge on any atom is -0.503 e. The smallest absolute Gasteiger partial charge is 0.260 e. The summed E-state index contributed by atoms with van der Waals surface area (Å²) in [4.78, 5) is 61.3. The molecule has 1 saturated carbocycles. The van der Waals surface area contributed by atoms with E-state index in [9.17, 15) is 19.1 Å². The Kier molecular flexibility index (Phi) is 11.4. The van der Waals surface area contributed by atoms with Gasteiger partial charge in [0.15, 0.2) is 11.5 Å². The molecule has 5 aromatic carbocycles. The number of carbonyl (C=O) groups is 4. The summed E-state index contributed by atoms with van der Waals surface area (Å²) in [7, 11) is 4.58. The fourth-order valence-electron chi connectivity index (χ4n) is 10.1. The molecule has 0 radical (unpaired) electrons. The molecule has 4 amide bonds. The first-order valence-electron chi connectivity index (χ1n) is 20.3. The first-order chi connectivity index (χ1) is 30.8. The third-order valence-corrected chi connectivity index (χ3v) is 15.4. The molecule has 5 aromatic rings. The van der Waals surface area contributed by atoms with Gasteiger partial charge in [0.1, 0.15) is 17.3 Å². The first-order valence-corrected chi connectivity index (χ1v) is 22.3. The Balaban J connectivity index is 1.15. The lowest BCUT2D eigenvalue weighted by Crippen LogP contribution is -2.53. The first kappa shape index (κ1) is 43.3. The molecule has 326 valence electrons. The number of nitrogens with one attached hydrogen (secondary N) is 1. The van der Waals surface area contributed by atoms with Crippen molar-refractivity contribution in [1.29, 1.82) is 0 Å². The number of phenolic OH excluding ortho intramolecular Hbond substituents is 1. The number of fused-ring (bicyclic) bond motifs is 4. The Labute approximate surface area is 389 Å². The maximum atomic E-state index is 15.6. The van der Waals surface area contributed by atoms with Gasteiger partial charge < -0.3 is 19.3 Å². The Hall–Kier alpha value is -5.96. The van der Waals surface area contributed by atoms with Crippen molar-refractivity contribution in [3.05, 3.63) is 151 Å². The third kappa shape index (κ3) is 6.88. The number of imide groups is 2. The van der Waals surface area contributed by atoms with Crippen LogP contribution in [0.5, 0.6) is 23.0 Å². The Morgan fingerprint density at radius 2 is 1.50 bits per heavy atom. The lowest BCUT2D eigenvalue weighted by Gasteiger charge is -2.51. The van der Waals surface area contributed by atoms with E-state index in [2.05, 4.69) is 37.3 Å². The average molecular weight is 1010 g/mol. The maximum Gasteiger partial charge on any atom is 0.260 e. The topological polar surface area (TPSA) is 135 Å². The van der Waals surface area contributed by atoms with Crippen LogP contribution in [0.3, 0.4) is 0 Å². The number of ether oxygens (including phenoxy) is 3. The Bertz CT molecular complexity index is 2800. The molecule has 2 heterocycles. The Morgan fingerprint density at radius 1 is 0.797 bits per heavy atom. The van der Waals surface area contributed by atoms with E-state index in [-0.39, 0.29) is 34.7 Å². The number of carbonyl (C=O) groups excluding carboxylic acids is 4. The van der Waals surface area contributed by atoms with E-state index in [0.29, 0.717) is 49.1 Å². The summed E-state index contributed by atoms with van der Waals surface area (Å²) in [5.41, 5.74) is 5.28. The molecular formula is C49H39Br2ClFN3O8. The molecule has 0 aromatic heterocycles. The van der Waals surface area contributed by atoms with Gasteiger partial charge in [-0.25, -0.2) is 4.39 Å². The molecule has 6 unspecified atom stereocenters. The monoisotopic (exact) mass is 1010 g/mol. The highest BCUT2D eigenvalue weighted by Crippen LogP contribution is 2.66. The molecule has 9 rings (SSSR count). The van der Waals surface area contributed by atoms with Crippen LogP contribution >= 0.6 is 43.5 Å². The van der Waals surface area contributed by atoms with Gasteiger partial charge in [0.05, 0.1) is 60.3 Å². The van der Waals surface area contributed by atoms with Crippen LogP contribution in [0.1, 0.15) is 41.0 Å². The van der Waals surface area contributed by atoms with Crippen LogP contribution in [-0.4, -0.2) is 55.1 Å². The highest BCUT2D eigenvalue weighted by molar-refractivity contribution is 9.13. The number of benzene rings is 5. The summed E-state index contributed by atoms with van der Waals surface area (Å²) in [5, 5.41) is 12.5. The molecule has 2 N–H and O–H groups in total. The molecule has 0 bridgehead atoms. The second-order valence-electron chi connectivity index (χ2n) is 16.1. The van der Waals surface area contributed by atoms with Gasteiger partial charge in [-0.3, -0.25) is 29.5 Å². The van der Waals surface area contributed by atoms with E-state index in [1.54, 1.807) is 56.7 Å². The number of anilines is 2. The van der Waals surface area contributed by atoms with E-state index < -0.39 is 58.5 Å². The zero-order valence-corrected chi connectivity index (χ0v) is 38.4. The number of nitrogens with zero attached hydrogens (tertiary/aromatic N) is 2. The molecule has 3 fully saturated rings. The van der Waals surface area contributed by atoms with E-state index in [1.165, 1.54) is 36.3 Å².